The highest BCUT2D eigenvalue weighted by Gasteiger charge is 2.33. The molecule has 0 bridgehead atoms. The Morgan fingerprint density at radius 2 is 1.91 bits per heavy atom. The van der Waals surface area contributed by atoms with Crippen molar-refractivity contribution in [3.63, 3.8) is 0 Å². The number of rotatable bonds is 3. The van der Waals surface area contributed by atoms with Crippen LogP contribution in [0, 0.1) is 17.6 Å². The van der Waals surface area contributed by atoms with Gasteiger partial charge in [0, 0.05) is 12.5 Å². The topological polar surface area (TPSA) is 50.4 Å². The second kappa shape index (κ2) is 8.04. The number of carbonyl (C=O) groups is 1. The predicted octanol–water partition coefficient (Wildman–Crippen LogP) is 2.33. The van der Waals surface area contributed by atoms with Crippen LogP contribution < -0.4 is 10.6 Å². The first-order chi connectivity index (χ1) is 10.6. The summed E-state index contributed by atoms with van der Waals surface area (Å²) in [6, 6.07) is 3.57. The average molecular weight is 347 g/mol. The molecule has 4 nitrogen and oxygen atoms in total. The van der Waals surface area contributed by atoms with Gasteiger partial charge in [-0.25, -0.2) is 8.78 Å². The highest BCUT2D eigenvalue weighted by Crippen LogP contribution is 2.30. The molecule has 128 valence electrons. The molecule has 2 unspecified atom stereocenters. The van der Waals surface area contributed by atoms with Gasteiger partial charge >= 0.3 is 0 Å². The molecule has 1 aromatic carbocycles. The third kappa shape index (κ3) is 4.19. The summed E-state index contributed by atoms with van der Waals surface area (Å²) in [5.41, 5.74) is 0.562. The standard InChI is InChI=1S/C16H20F2N2O2.ClH/c17-12-2-1-11(9-13(12)18)15-14(5-8-22-15)20-16(21)10-3-6-19-7-4-10;/h1-2,9-10,14-15,19H,3-8H2,(H,20,21);1H. The van der Waals surface area contributed by atoms with Gasteiger partial charge in [-0.1, -0.05) is 6.07 Å². The number of piperidine rings is 1. The van der Waals surface area contributed by atoms with Crippen LogP contribution in [-0.4, -0.2) is 31.6 Å². The van der Waals surface area contributed by atoms with Crippen LogP contribution in [0.1, 0.15) is 30.9 Å². The maximum absolute atomic E-state index is 13.4. The summed E-state index contributed by atoms with van der Waals surface area (Å²) in [4.78, 5) is 12.3. The quantitative estimate of drug-likeness (QED) is 0.883. The average Bonchev–Trinajstić information content (AvgIpc) is 2.99. The first kappa shape index (κ1) is 18.1. The van der Waals surface area contributed by atoms with Gasteiger partial charge in [0.2, 0.25) is 5.91 Å². The molecule has 0 aromatic heterocycles. The third-order valence-corrected chi connectivity index (χ3v) is 4.40. The Bertz CT molecular complexity index is 553. The summed E-state index contributed by atoms with van der Waals surface area (Å²) in [5, 5.41) is 6.25. The van der Waals surface area contributed by atoms with E-state index < -0.39 is 17.7 Å². The van der Waals surface area contributed by atoms with E-state index in [4.69, 9.17) is 4.74 Å². The highest BCUT2D eigenvalue weighted by atomic mass is 35.5. The van der Waals surface area contributed by atoms with Gasteiger partial charge in [0.25, 0.3) is 0 Å². The lowest BCUT2D eigenvalue weighted by molar-refractivity contribution is -0.126. The fraction of sp³-hybridized carbons (Fsp3) is 0.562. The summed E-state index contributed by atoms with van der Waals surface area (Å²) in [6.07, 6.45) is 1.92. The Balaban J connectivity index is 0.00000192. The van der Waals surface area contributed by atoms with Crippen molar-refractivity contribution in [3.8, 4) is 0 Å². The van der Waals surface area contributed by atoms with Crippen molar-refractivity contribution in [3.05, 3.63) is 35.4 Å². The van der Waals surface area contributed by atoms with Crippen LogP contribution in [0.15, 0.2) is 18.2 Å². The predicted molar refractivity (Wildman–Crippen MR) is 84.4 cm³/mol. The lowest BCUT2D eigenvalue weighted by atomic mass is 9.95. The van der Waals surface area contributed by atoms with Crippen LogP contribution in [0.2, 0.25) is 0 Å². The van der Waals surface area contributed by atoms with E-state index in [0.717, 1.165) is 38.1 Å². The number of nitrogens with one attached hydrogen (secondary N) is 2. The van der Waals surface area contributed by atoms with Crippen LogP contribution in [0.3, 0.4) is 0 Å². The molecular weight excluding hydrogens is 326 g/mol. The minimum Gasteiger partial charge on any atom is -0.371 e. The zero-order valence-corrected chi connectivity index (χ0v) is 13.5. The number of ether oxygens (including phenoxy) is 1. The molecule has 1 amide bonds. The van der Waals surface area contributed by atoms with E-state index in [0.29, 0.717) is 18.6 Å². The van der Waals surface area contributed by atoms with Gasteiger partial charge < -0.3 is 15.4 Å². The number of carbonyl (C=O) groups excluding carboxylic acids is 1. The summed E-state index contributed by atoms with van der Waals surface area (Å²) in [5.74, 6) is -1.72. The smallest absolute Gasteiger partial charge is 0.223 e. The zero-order chi connectivity index (χ0) is 15.5. The van der Waals surface area contributed by atoms with Crippen LogP contribution in [0.4, 0.5) is 8.78 Å². The van der Waals surface area contributed by atoms with Crippen molar-refractivity contribution in [2.75, 3.05) is 19.7 Å². The molecule has 1 aromatic rings. The van der Waals surface area contributed by atoms with Gasteiger partial charge in [-0.05, 0) is 50.0 Å². The number of hydrogen-bond acceptors (Lipinski definition) is 3. The van der Waals surface area contributed by atoms with E-state index in [1.807, 2.05) is 0 Å². The molecule has 2 N–H and O–H groups in total. The van der Waals surface area contributed by atoms with E-state index in [2.05, 4.69) is 10.6 Å². The Kier molecular flexibility index (Phi) is 6.33. The van der Waals surface area contributed by atoms with E-state index in [1.165, 1.54) is 6.07 Å². The largest absolute Gasteiger partial charge is 0.371 e. The van der Waals surface area contributed by atoms with E-state index in [9.17, 15) is 13.6 Å². The molecule has 2 aliphatic heterocycles. The fourth-order valence-corrected chi connectivity index (χ4v) is 3.14. The molecule has 2 atom stereocenters. The van der Waals surface area contributed by atoms with Crippen molar-refractivity contribution in [2.24, 2.45) is 5.92 Å². The SMILES string of the molecule is Cl.O=C(NC1CCOC1c1ccc(F)c(F)c1)C1CCNCC1. The zero-order valence-electron chi connectivity index (χ0n) is 12.7. The van der Waals surface area contributed by atoms with Gasteiger partial charge in [0.1, 0.15) is 6.10 Å². The molecule has 2 heterocycles. The third-order valence-electron chi connectivity index (χ3n) is 4.40. The van der Waals surface area contributed by atoms with Crippen molar-refractivity contribution in [1.82, 2.24) is 10.6 Å². The lowest BCUT2D eigenvalue weighted by Gasteiger charge is -2.26. The monoisotopic (exact) mass is 346 g/mol. The van der Waals surface area contributed by atoms with Crippen molar-refractivity contribution >= 4 is 18.3 Å². The highest BCUT2D eigenvalue weighted by molar-refractivity contribution is 5.85. The van der Waals surface area contributed by atoms with Gasteiger partial charge in [-0.15, -0.1) is 12.4 Å². The maximum Gasteiger partial charge on any atom is 0.223 e. The summed E-state index contributed by atoms with van der Waals surface area (Å²) in [7, 11) is 0. The van der Waals surface area contributed by atoms with Crippen LogP contribution >= 0.6 is 12.4 Å². The molecule has 0 spiro atoms. The van der Waals surface area contributed by atoms with Crippen LogP contribution in [0.25, 0.3) is 0 Å². The molecule has 2 saturated heterocycles. The molecule has 0 aliphatic carbocycles. The second-order valence-electron chi connectivity index (χ2n) is 5.89. The van der Waals surface area contributed by atoms with Gasteiger partial charge in [-0.2, -0.15) is 0 Å². The Hall–Kier alpha value is -1.24. The van der Waals surface area contributed by atoms with Crippen molar-refractivity contribution < 1.29 is 18.3 Å². The van der Waals surface area contributed by atoms with Gasteiger partial charge in [0.05, 0.1) is 6.04 Å². The maximum atomic E-state index is 13.4. The molecular formula is C16H21ClF2N2O2. The summed E-state index contributed by atoms with van der Waals surface area (Å²) < 4.78 is 32.1. The number of amides is 1. The number of benzene rings is 1. The Morgan fingerprint density at radius 1 is 1.17 bits per heavy atom. The molecule has 23 heavy (non-hydrogen) atoms. The molecule has 0 saturated carbocycles. The minimum absolute atomic E-state index is 0. The lowest BCUT2D eigenvalue weighted by Crippen LogP contribution is -2.43. The molecule has 3 rings (SSSR count). The van der Waals surface area contributed by atoms with Crippen molar-refractivity contribution in [2.45, 2.75) is 31.4 Å². The van der Waals surface area contributed by atoms with E-state index in [-0.39, 0.29) is 30.3 Å². The van der Waals surface area contributed by atoms with Gasteiger partial charge in [0.15, 0.2) is 11.6 Å². The van der Waals surface area contributed by atoms with Crippen LogP contribution in [0.5, 0.6) is 0 Å². The second-order valence-corrected chi connectivity index (χ2v) is 5.89. The normalized spacial score (nSPS) is 25.0. The molecule has 7 heteroatoms. The molecule has 2 fully saturated rings. The van der Waals surface area contributed by atoms with Crippen molar-refractivity contribution in [1.29, 1.82) is 0 Å². The Morgan fingerprint density at radius 3 is 2.61 bits per heavy atom. The molecule has 0 radical (unpaired) electrons. The summed E-state index contributed by atoms with van der Waals surface area (Å²) >= 11 is 0. The van der Waals surface area contributed by atoms with Crippen LogP contribution in [-0.2, 0) is 9.53 Å². The minimum atomic E-state index is -0.892. The first-order valence-electron chi connectivity index (χ1n) is 7.73. The molecule has 2 aliphatic rings. The fourth-order valence-electron chi connectivity index (χ4n) is 3.14. The van der Waals surface area contributed by atoms with E-state index in [1.54, 1.807) is 0 Å². The Labute approximate surface area is 140 Å². The van der Waals surface area contributed by atoms with E-state index >= 15 is 0 Å². The number of halogens is 3. The number of hydrogen-bond donors (Lipinski definition) is 2. The first-order valence-corrected chi connectivity index (χ1v) is 7.73. The summed E-state index contributed by atoms with van der Waals surface area (Å²) in [6.45, 7) is 2.21. The van der Waals surface area contributed by atoms with Gasteiger partial charge in [-0.3, -0.25) is 4.79 Å².